The van der Waals surface area contributed by atoms with Crippen molar-refractivity contribution >= 4 is 28.3 Å². The van der Waals surface area contributed by atoms with Gasteiger partial charge >= 0.3 is 0 Å². The Morgan fingerprint density at radius 2 is 1.74 bits per heavy atom. The zero-order valence-electron chi connectivity index (χ0n) is 13.4. The van der Waals surface area contributed by atoms with E-state index < -0.39 is 0 Å². The van der Waals surface area contributed by atoms with Gasteiger partial charge in [-0.1, -0.05) is 37.6 Å². The van der Waals surface area contributed by atoms with E-state index in [4.69, 9.17) is 4.74 Å². The van der Waals surface area contributed by atoms with Crippen LogP contribution < -0.4 is 15.4 Å². The first-order valence-electron chi connectivity index (χ1n) is 8.00. The SMILES string of the molecule is CCCCOc1c(NCC)c2c(c3ccccc13)C(=O)NC2=O. The van der Waals surface area contributed by atoms with Gasteiger partial charge in [-0.15, -0.1) is 0 Å². The lowest BCUT2D eigenvalue weighted by Crippen LogP contribution is -2.20. The Hall–Kier alpha value is -2.56. The number of ether oxygens (including phenoxy) is 1. The molecule has 5 heteroatoms. The largest absolute Gasteiger partial charge is 0.491 e. The molecule has 2 aromatic carbocycles. The van der Waals surface area contributed by atoms with Crippen molar-refractivity contribution in [2.24, 2.45) is 0 Å². The maximum atomic E-state index is 12.3. The van der Waals surface area contributed by atoms with Crippen molar-refractivity contribution in [2.75, 3.05) is 18.5 Å². The van der Waals surface area contributed by atoms with Gasteiger partial charge in [0.2, 0.25) is 0 Å². The van der Waals surface area contributed by atoms with Gasteiger partial charge < -0.3 is 10.1 Å². The van der Waals surface area contributed by atoms with Gasteiger partial charge in [-0.25, -0.2) is 0 Å². The minimum Gasteiger partial charge on any atom is -0.491 e. The van der Waals surface area contributed by atoms with Crippen LogP contribution in [0.1, 0.15) is 47.4 Å². The first-order valence-corrected chi connectivity index (χ1v) is 8.00. The molecule has 0 aromatic heterocycles. The Morgan fingerprint density at radius 1 is 1.04 bits per heavy atom. The molecule has 1 aliphatic heterocycles. The van der Waals surface area contributed by atoms with E-state index in [1.165, 1.54) is 0 Å². The van der Waals surface area contributed by atoms with Crippen molar-refractivity contribution in [3.8, 4) is 5.75 Å². The second-order valence-electron chi connectivity index (χ2n) is 5.52. The quantitative estimate of drug-likeness (QED) is 0.634. The molecule has 0 spiro atoms. The third-order valence-corrected chi connectivity index (χ3v) is 3.95. The Balaban J connectivity index is 2.29. The van der Waals surface area contributed by atoms with E-state index in [1.54, 1.807) is 0 Å². The molecule has 2 amide bonds. The molecule has 3 rings (SSSR count). The Kier molecular flexibility index (Phi) is 4.19. The summed E-state index contributed by atoms with van der Waals surface area (Å²) in [6, 6.07) is 7.55. The van der Waals surface area contributed by atoms with Crippen molar-refractivity contribution in [3.63, 3.8) is 0 Å². The van der Waals surface area contributed by atoms with Gasteiger partial charge in [0.15, 0.2) is 5.75 Å². The van der Waals surface area contributed by atoms with Gasteiger partial charge in [0.05, 0.1) is 23.4 Å². The summed E-state index contributed by atoms with van der Waals surface area (Å²) in [5.41, 5.74) is 1.44. The molecule has 1 aliphatic rings. The molecule has 2 aromatic rings. The summed E-state index contributed by atoms with van der Waals surface area (Å²) in [6.45, 7) is 5.26. The number of anilines is 1. The Morgan fingerprint density at radius 3 is 2.43 bits per heavy atom. The van der Waals surface area contributed by atoms with Gasteiger partial charge in [-0.2, -0.15) is 0 Å². The van der Waals surface area contributed by atoms with Crippen LogP contribution in [-0.2, 0) is 0 Å². The number of rotatable bonds is 6. The lowest BCUT2D eigenvalue weighted by Gasteiger charge is -2.18. The second-order valence-corrected chi connectivity index (χ2v) is 5.52. The molecular formula is C18H20N2O3. The van der Waals surface area contributed by atoms with Crippen LogP contribution in [-0.4, -0.2) is 25.0 Å². The molecule has 1 heterocycles. The fraction of sp³-hybridized carbons (Fsp3) is 0.333. The maximum absolute atomic E-state index is 12.3. The smallest absolute Gasteiger partial charge is 0.261 e. The maximum Gasteiger partial charge on any atom is 0.261 e. The van der Waals surface area contributed by atoms with E-state index >= 15 is 0 Å². The zero-order chi connectivity index (χ0) is 16.4. The fourth-order valence-electron chi connectivity index (χ4n) is 2.91. The van der Waals surface area contributed by atoms with E-state index in [0.717, 1.165) is 23.6 Å². The van der Waals surface area contributed by atoms with Crippen LogP contribution in [0.15, 0.2) is 24.3 Å². The van der Waals surface area contributed by atoms with Crippen molar-refractivity contribution in [1.82, 2.24) is 5.32 Å². The number of benzene rings is 2. The average Bonchev–Trinajstić information content (AvgIpc) is 2.85. The normalized spacial score (nSPS) is 13.1. The number of fused-ring (bicyclic) bond motifs is 3. The fourth-order valence-corrected chi connectivity index (χ4v) is 2.91. The average molecular weight is 312 g/mol. The summed E-state index contributed by atoms with van der Waals surface area (Å²) in [6.07, 6.45) is 1.96. The monoisotopic (exact) mass is 312 g/mol. The number of carbonyl (C=O) groups is 2. The van der Waals surface area contributed by atoms with Crippen LogP contribution >= 0.6 is 0 Å². The molecule has 0 fully saturated rings. The summed E-state index contributed by atoms with van der Waals surface area (Å²) in [4.78, 5) is 24.5. The second kappa shape index (κ2) is 6.28. The molecule has 5 nitrogen and oxygen atoms in total. The third kappa shape index (κ3) is 2.52. The number of hydrogen-bond donors (Lipinski definition) is 2. The highest BCUT2D eigenvalue weighted by Crippen LogP contribution is 2.42. The summed E-state index contributed by atoms with van der Waals surface area (Å²) < 4.78 is 6.00. The van der Waals surface area contributed by atoms with Crippen molar-refractivity contribution < 1.29 is 14.3 Å². The van der Waals surface area contributed by atoms with E-state index in [2.05, 4.69) is 17.6 Å². The van der Waals surface area contributed by atoms with Gasteiger partial charge in [-0.05, 0) is 18.7 Å². The van der Waals surface area contributed by atoms with E-state index in [9.17, 15) is 9.59 Å². The van der Waals surface area contributed by atoms with Crippen LogP contribution in [0.5, 0.6) is 5.75 Å². The van der Waals surface area contributed by atoms with E-state index in [-0.39, 0.29) is 11.8 Å². The summed E-state index contributed by atoms with van der Waals surface area (Å²) in [5.74, 6) is -0.0630. The minimum absolute atomic E-state index is 0.347. The molecule has 120 valence electrons. The predicted molar refractivity (Wildman–Crippen MR) is 90.3 cm³/mol. The first-order chi connectivity index (χ1) is 11.2. The number of carbonyl (C=O) groups excluding carboxylic acids is 2. The number of imide groups is 1. The number of unbranched alkanes of at least 4 members (excludes halogenated alkanes) is 1. The molecule has 0 saturated heterocycles. The van der Waals surface area contributed by atoms with Gasteiger partial charge in [0.1, 0.15) is 0 Å². The van der Waals surface area contributed by atoms with Gasteiger partial charge in [0.25, 0.3) is 11.8 Å². The standard InChI is InChI=1S/C18H20N2O3/c1-3-5-10-23-16-12-9-7-6-8-11(12)13-14(15(16)19-4-2)18(22)20-17(13)21/h6-9,19H,3-5,10H2,1-2H3,(H,20,21,22). The van der Waals surface area contributed by atoms with Gasteiger partial charge in [0, 0.05) is 11.9 Å². The van der Waals surface area contributed by atoms with Crippen molar-refractivity contribution in [1.29, 1.82) is 0 Å². The highest BCUT2D eigenvalue weighted by Gasteiger charge is 2.34. The molecule has 2 N–H and O–H groups in total. The summed E-state index contributed by atoms with van der Waals surface area (Å²) >= 11 is 0. The molecule has 23 heavy (non-hydrogen) atoms. The highest BCUT2D eigenvalue weighted by atomic mass is 16.5. The van der Waals surface area contributed by atoms with E-state index in [1.807, 2.05) is 31.2 Å². The Labute approximate surface area is 135 Å². The molecule has 0 bridgehead atoms. The molecular weight excluding hydrogens is 292 g/mol. The van der Waals surface area contributed by atoms with Crippen molar-refractivity contribution in [3.05, 3.63) is 35.4 Å². The summed E-state index contributed by atoms with van der Waals surface area (Å²) in [5, 5.41) is 7.20. The topological polar surface area (TPSA) is 67.4 Å². The van der Waals surface area contributed by atoms with Crippen LogP contribution in [0, 0.1) is 0 Å². The first kappa shape index (κ1) is 15.3. The van der Waals surface area contributed by atoms with Crippen molar-refractivity contribution in [2.45, 2.75) is 26.7 Å². The minimum atomic E-state index is -0.368. The van der Waals surface area contributed by atoms with Crippen LogP contribution in [0.25, 0.3) is 10.8 Å². The molecule has 0 atom stereocenters. The Bertz CT molecular complexity index is 783. The molecule has 0 radical (unpaired) electrons. The van der Waals surface area contributed by atoms with Gasteiger partial charge in [-0.3, -0.25) is 14.9 Å². The lowest BCUT2D eigenvalue weighted by molar-refractivity contribution is 0.0880. The third-order valence-electron chi connectivity index (χ3n) is 3.95. The van der Waals surface area contributed by atoms with E-state index in [0.29, 0.717) is 35.7 Å². The molecule has 0 unspecified atom stereocenters. The molecule has 0 saturated carbocycles. The summed E-state index contributed by atoms with van der Waals surface area (Å²) in [7, 11) is 0. The number of amides is 2. The highest BCUT2D eigenvalue weighted by molar-refractivity contribution is 6.30. The number of hydrogen-bond acceptors (Lipinski definition) is 4. The van der Waals surface area contributed by atoms with Crippen LogP contribution in [0.4, 0.5) is 5.69 Å². The predicted octanol–water partition coefficient (Wildman–Crippen LogP) is 3.33. The number of nitrogens with one attached hydrogen (secondary N) is 2. The van der Waals surface area contributed by atoms with Crippen LogP contribution in [0.3, 0.4) is 0 Å². The zero-order valence-corrected chi connectivity index (χ0v) is 13.4. The molecule has 0 aliphatic carbocycles. The lowest BCUT2D eigenvalue weighted by atomic mass is 9.97. The van der Waals surface area contributed by atoms with Crippen LogP contribution in [0.2, 0.25) is 0 Å².